The van der Waals surface area contributed by atoms with Crippen molar-refractivity contribution in [2.24, 2.45) is 0 Å². The Hall–Kier alpha value is -2.87. The summed E-state index contributed by atoms with van der Waals surface area (Å²) in [6.45, 7) is 4.33. The molecule has 0 radical (unpaired) electrons. The highest BCUT2D eigenvalue weighted by Crippen LogP contribution is 2.40. The SMILES string of the molecule is C=CCn1cnnc1SCC(=O)Nc1cc(C2CC2)nn1-c1ccccc1. The minimum atomic E-state index is -0.104. The van der Waals surface area contributed by atoms with Crippen molar-refractivity contribution < 1.29 is 4.79 Å². The Labute approximate surface area is 161 Å². The number of rotatable bonds is 8. The van der Waals surface area contributed by atoms with Crippen molar-refractivity contribution >= 4 is 23.5 Å². The van der Waals surface area contributed by atoms with Crippen LogP contribution in [0.3, 0.4) is 0 Å². The molecular weight excluding hydrogens is 360 g/mol. The first kappa shape index (κ1) is 17.5. The van der Waals surface area contributed by atoms with Gasteiger partial charge in [0.15, 0.2) is 5.16 Å². The number of para-hydroxylation sites is 1. The Bertz CT molecular complexity index is 944. The largest absolute Gasteiger partial charge is 0.310 e. The van der Waals surface area contributed by atoms with Gasteiger partial charge in [-0.2, -0.15) is 5.10 Å². The van der Waals surface area contributed by atoms with Crippen LogP contribution in [0.2, 0.25) is 0 Å². The molecule has 7 nitrogen and oxygen atoms in total. The topological polar surface area (TPSA) is 77.6 Å². The third-order valence-corrected chi connectivity index (χ3v) is 5.21. The van der Waals surface area contributed by atoms with E-state index in [1.165, 1.54) is 11.8 Å². The van der Waals surface area contributed by atoms with E-state index < -0.39 is 0 Å². The second-order valence-corrected chi connectivity index (χ2v) is 7.31. The van der Waals surface area contributed by atoms with Gasteiger partial charge in [-0.05, 0) is 25.0 Å². The number of carbonyl (C=O) groups excluding carboxylic acids is 1. The van der Waals surface area contributed by atoms with Crippen molar-refractivity contribution in [3.05, 3.63) is 61.1 Å². The molecule has 2 aromatic heterocycles. The molecular formula is C19H20N6OS. The van der Waals surface area contributed by atoms with E-state index in [9.17, 15) is 4.79 Å². The maximum absolute atomic E-state index is 12.5. The van der Waals surface area contributed by atoms with E-state index in [1.807, 2.05) is 41.0 Å². The molecule has 0 saturated heterocycles. The smallest absolute Gasteiger partial charge is 0.236 e. The molecule has 4 rings (SSSR count). The monoisotopic (exact) mass is 380 g/mol. The van der Waals surface area contributed by atoms with Crippen LogP contribution in [-0.2, 0) is 11.3 Å². The molecule has 1 N–H and O–H groups in total. The molecule has 8 heteroatoms. The lowest BCUT2D eigenvalue weighted by atomic mass is 10.3. The van der Waals surface area contributed by atoms with Gasteiger partial charge in [-0.25, -0.2) is 4.68 Å². The fourth-order valence-electron chi connectivity index (χ4n) is 2.76. The molecule has 0 bridgehead atoms. The summed E-state index contributed by atoms with van der Waals surface area (Å²) >= 11 is 1.35. The van der Waals surface area contributed by atoms with Crippen LogP contribution < -0.4 is 5.32 Å². The van der Waals surface area contributed by atoms with Gasteiger partial charge in [-0.15, -0.1) is 16.8 Å². The molecule has 138 valence electrons. The van der Waals surface area contributed by atoms with Crippen LogP contribution >= 0.6 is 11.8 Å². The van der Waals surface area contributed by atoms with Gasteiger partial charge in [0.1, 0.15) is 12.1 Å². The molecule has 2 heterocycles. The van der Waals surface area contributed by atoms with Gasteiger partial charge in [-0.1, -0.05) is 36.0 Å². The fraction of sp³-hybridized carbons (Fsp3) is 0.263. The molecule has 0 spiro atoms. The molecule has 1 amide bonds. The van der Waals surface area contributed by atoms with Crippen LogP contribution in [0, 0.1) is 0 Å². The highest BCUT2D eigenvalue weighted by Gasteiger charge is 2.28. The number of hydrogen-bond acceptors (Lipinski definition) is 5. The zero-order valence-electron chi connectivity index (χ0n) is 14.8. The number of aromatic nitrogens is 5. The molecule has 1 saturated carbocycles. The van der Waals surface area contributed by atoms with Crippen molar-refractivity contribution in [1.82, 2.24) is 24.5 Å². The maximum Gasteiger partial charge on any atom is 0.236 e. The zero-order chi connectivity index (χ0) is 18.6. The van der Waals surface area contributed by atoms with E-state index in [1.54, 1.807) is 17.1 Å². The standard InChI is InChI=1S/C19H20N6OS/c1-2-10-24-13-20-22-19(24)27-12-18(26)21-17-11-16(14-8-9-14)23-25(17)15-6-4-3-5-7-15/h2-7,11,13-14H,1,8-10,12H2,(H,21,26). The summed E-state index contributed by atoms with van der Waals surface area (Å²) in [7, 11) is 0. The van der Waals surface area contributed by atoms with Crippen LogP contribution in [0.4, 0.5) is 5.82 Å². The Morgan fingerprint density at radius 3 is 2.89 bits per heavy atom. The number of nitrogens with zero attached hydrogens (tertiary/aromatic N) is 5. The van der Waals surface area contributed by atoms with E-state index >= 15 is 0 Å². The minimum absolute atomic E-state index is 0.104. The fourth-order valence-corrected chi connectivity index (χ4v) is 3.49. The van der Waals surface area contributed by atoms with Crippen LogP contribution in [0.15, 0.2) is 60.5 Å². The number of allylic oxidation sites excluding steroid dienone is 1. The van der Waals surface area contributed by atoms with E-state index in [2.05, 4.69) is 22.1 Å². The van der Waals surface area contributed by atoms with Crippen LogP contribution in [-0.4, -0.2) is 36.2 Å². The van der Waals surface area contributed by atoms with Crippen molar-refractivity contribution in [3.8, 4) is 5.69 Å². The van der Waals surface area contributed by atoms with Gasteiger partial charge in [0.05, 0.1) is 17.1 Å². The van der Waals surface area contributed by atoms with E-state index in [4.69, 9.17) is 5.10 Å². The Morgan fingerprint density at radius 2 is 2.15 bits per heavy atom. The average molecular weight is 380 g/mol. The summed E-state index contributed by atoms with van der Waals surface area (Å²) < 4.78 is 3.65. The van der Waals surface area contributed by atoms with Crippen LogP contribution in [0.1, 0.15) is 24.5 Å². The highest BCUT2D eigenvalue weighted by atomic mass is 32.2. The first-order chi connectivity index (χ1) is 13.2. The summed E-state index contributed by atoms with van der Waals surface area (Å²) in [6, 6.07) is 11.8. The lowest BCUT2D eigenvalue weighted by Crippen LogP contribution is -2.17. The number of amides is 1. The second kappa shape index (κ2) is 7.79. The van der Waals surface area contributed by atoms with Gasteiger partial charge >= 0.3 is 0 Å². The number of hydrogen-bond donors (Lipinski definition) is 1. The molecule has 1 aliphatic carbocycles. The summed E-state index contributed by atoms with van der Waals surface area (Å²) in [6.07, 6.45) is 5.72. The lowest BCUT2D eigenvalue weighted by Gasteiger charge is -2.09. The molecule has 0 unspecified atom stereocenters. The van der Waals surface area contributed by atoms with Crippen LogP contribution in [0.25, 0.3) is 5.69 Å². The molecule has 0 aliphatic heterocycles. The number of benzene rings is 1. The third kappa shape index (κ3) is 4.11. The number of anilines is 1. The molecule has 3 aromatic rings. The van der Waals surface area contributed by atoms with Gasteiger partial charge in [0, 0.05) is 18.5 Å². The third-order valence-electron chi connectivity index (χ3n) is 4.23. The van der Waals surface area contributed by atoms with E-state index in [0.717, 1.165) is 24.2 Å². The van der Waals surface area contributed by atoms with E-state index in [0.29, 0.717) is 23.4 Å². The first-order valence-electron chi connectivity index (χ1n) is 8.81. The summed E-state index contributed by atoms with van der Waals surface area (Å²) in [5, 5.41) is 16.3. The highest BCUT2D eigenvalue weighted by molar-refractivity contribution is 7.99. The minimum Gasteiger partial charge on any atom is -0.310 e. The van der Waals surface area contributed by atoms with Gasteiger partial charge < -0.3 is 9.88 Å². The Balaban J connectivity index is 1.47. The molecule has 1 aliphatic rings. The van der Waals surface area contributed by atoms with E-state index in [-0.39, 0.29) is 11.7 Å². The molecule has 1 fully saturated rings. The number of nitrogens with one attached hydrogen (secondary N) is 1. The Kier molecular flexibility index (Phi) is 5.06. The van der Waals surface area contributed by atoms with Crippen molar-refractivity contribution in [3.63, 3.8) is 0 Å². The molecule has 0 atom stereocenters. The van der Waals surface area contributed by atoms with Crippen LogP contribution in [0.5, 0.6) is 0 Å². The first-order valence-corrected chi connectivity index (χ1v) is 9.80. The maximum atomic E-state index is 12.5. The quantitative estimate of drug-likeness (QED) is 0.479. The van der Waals surface area contributed by atoms with Crippen molar-refractivity contribution in [2.75, 3.05) is 11.1 Å². The van der Waals surface area contributed by atoms with Crippen molar-refractivity contribution in [1.29, 1.82) is 0 Å². The Morgan fingerprint density at radius 1 is 1.33 bits per heavy atom. The van der Waals surface area contributed by atoms with Gasteiger partial charge in [-0.3, -0.25) is 4.79 Å². The zero-order valence-corrected chi connectivity index (χ0v) is 15.6. The predicted octanol–water partition coefficient (Wildman–Crippen LogP) is 3.26. The predicted molar refractivity (Wildman–Crippen MR) is 105 cm³/mol. The second-order valence-electron chi connectivity index (χ2n) is 6.37. The van der Waals surface area contributed by atoms with Gasteiger partial charge in [0.25, 0.3) is 0 Å². The number of carbonyl (C=O) groups is 1. The normalized spacial score (nSPS) is 13.5. The van der Waals surface area contributed by atoms with Gasteiger partial charge in [0.2, 0.25) is 5.91 Å². The molecule has 1 aromatic carbocycles. The van der Waals surface area contributed by atoms with Crippen molar-refractivity contribution in [2.45, 2.75) is 30.5 Å². The lowest BCUT2D eigenvalue weighted by molar-refractivity contribution is -0.113. The molecule has 27 heavy (non-hydrogen) atoms. The summed E-state index contributed by atoms with van der Waals surface area (Å²) in [5.74, 6) is 1.35. The summed E-state index contributed by atoms with van der Waals surface area (Å²) in [4.78, 5) is 12.5. The summed E-state index contributed by atoms with van der Waals surface area (Å²) in [5.41, 5.74) is 1.96. The number of thioether (sulfide) groups is 1. The average Bonchev–Trinajstić information content (AvgIpc) is 3.31.